The monoisotopic (exact) mass is 260 g/mol. The van der Waals surface area contributed by atoms with Crippen LogP contribution in [0.1, 0.15) is 0 Å². The smallest absolute Gasteiger partial charge is 0.303 e. The maximum atomic E-state index is 12.0. The van der Waals surface area contributed by atoms with Gasteiger partial charge in [0.05, 0.1) is 0 Å². The number of rotatable bonds is 5. The van der Waals surface area contributed by atoms with E-state index in [9.17, 15) is 21.6 Å². The van der Waals surface area contributed by atoms with Gasteiger partial charge in [-0.3, -0.25) is 0 Å². The van der Waals surface area contributed by atoms with Crippen LogP contribution in [-0.4, -0.2) is 22.2 Å². The lowest BCUT2D eigenvalue weighted by Gasteiger charge is -2.21. The van der Waals surface area contributed by atoms with Gasteiger partial charge in [0, 0.05) is 0 Å². The third-order valence-electron chi connectivity index (χ3n) is 1.56. The van der Waals surface area contributed by atoms with E-state index in [1.807, 2.05) is 0 Å². The predicted octanol–water partition coefficient (Wildman–Crippen LogP) is 2.34. The van der Waals surface area contributed by atoms with E-state index in [0.717, 1.165) is 5.70 Å². The second-order valence-corrected chi connectivity index (χ2v) is 8.47. The molecule has 1 atom stereocenters. The molecule has 1 unspecified atom stereocenters. The summed E-state index contributed by atoms with van der Waals surface area (Å²) in [6, 6.07) is 0.0474. The van der Waals surface area contributed by atoms with E-state index in [0.29, 0.717) is 0 Å². The van der Waals surface area contributed by atoms with Crippen molar-refractivity contribution in [3.8, 4) is 0 Å². The zero-order chi connectivity index (χ0) is 12.3. The molecule has 88 valence electrons. The van der Waals surface area contributed by atoms with Gasteiger partial charge in [0.2, 0.25) is 8.32 Å². The Bertz CT molecular complexity index is 349. The maximum Gasteiger partial charge on any atom is 0.522 e. The van der Waals surface area contributed by atoms with Gasteiger partial charge in [0.1, 0.15) is 0 Å². The van der Waals surface area contributed by atoms with Crippen molar-refractivity contribution in [2.45, 2.75) is 18.1 Å². The Morgan fingerprint density at radius 1 is 1.40 bits per heavy atom. The fraction of sp³-hybridized carbons (Fsp3) is 0.429. The lowest BCUT2D eigenvalue weighted by atomic mass is 10.8. The first-order valence-corrected chi connectivity index (χ1v) is 7.94. The Labute approximate surface area is 87.5 Å². The van der Waals surface area contributed by atoms with E-state index < -0.39 is 23.9 Å². The molecule has 15 heavy (non-hydrogen) atoms. The van der Waals surface area contributed by atoms with Crippen LogP contribution in [0, 0.1) is 0 Å². The number of hydrogen-bond acceptors (Lipinski definition) is 3. The summed E-state index contributed by atoms with van der Waals surface area (Å²) < 4.78 is 61.6. The van der Waals surface area contributed by atoms with E-state index in [2.05, 4.69) is 17.0 Å². The summed E-state index contributed by atoms with van der Waals surface area (Å²) in [4.78, 5) is 0. The summed E-state index contributed by atoms with van der Waals surface area (Å²) in [7, 11) is -8.68. The van der Waals surface area contributed by atoms with Gasteiger partial charge in [-0.15, -0.1) is 13.2 Å². The van der Waals surface area contributed by atoms with Gasteiger partial charge in [0.15, 0.2) is 0 Å². The third-order valence-corrected chi connectivity index (χ3v) is 6.50. The van der Waals surface area contributed by atoms with Gasteiger partial charge in [-0.2, -0.15) is 21.6 Å². The molecule has 8 heteroatoms. The molecule has 0 fully saturated rings. The molecule has 0 radical (unpaired) electrons. The van der Waals surface area contributed by atoms with Crippen molar-refractivity contribution in [1.82, 2.24) is 0 Å². The molecule has 0 aromatic rings. The van der Waals surface area contributed by atoms with Crippen LogP contribution in [-0.2, 0) is 14.0 Å². The molecule has 0 aromatic heterocycles. The number of hydrogen-bond donors (Lipinski definition) is 0. The summed E-state index contributed by atoms with van der Waals surface area (Å²) in [6.45, 7) is 7.90. The number of alkyl halides is 3. The van der Waals surface area contributed by atoms with Crippen LogP contribution in [0.4, 0.5) is 13.2 Å². The minimum Gasteiger partial charge on any atom is -0.303 e. The Kier molecular flexibility index (Phi) is 4.32. The standard InChI is InChI=1S/C7H11F3O3SSi/c1-4-6-15(3,5-2)13-14(11,12)7(8,9)10/h4-5H,1-2,6H2,3H3. The van der Waals surface area contributed by atoms with Crippen LogP contribution in [0.15, 0.2) is 24.9 Å². The quantitative estimate of drug-likeness (QED) is 0.433. The van der Waals surface area contributed by atoms with Crippen molar-refractivity contribution >= 4 is 18.4 Å². The molecule has 0 aromatic carbocycles. The molecule has 0 N–H and O–H groups in total. The summed E-state index contributed by atoms with van der Waals surface area (Å²) >= 11 is 0. The number of allylic oxidation sites excluding steroid dienone is 1. The Morgan fingerprint density at radius 3 is 2.13 bits per heavy atom. The maximum absolute atomic E-state index is 12.0. The summed E-state index contributed by atoms with van der Waals surface area (Å²) in [5.41, 5.74) is -4.27. The first-order chi connectivity index (χ1) is 6.58. The summed E-state index contributed by atoms with van der Waals surface area (Å²) in [6.07, 6.45) is 1.31. The van der Waals surface area contributed by atoms with Crippen LogP contribution in [0.3, 0.4) is 0 Å². The lowest BCUT2D eigenvalue weighted by Crippen LogP contribution is -2.39. The highest BCUT2D eigenvalue weighted by atomic mass is 32.2. The van der Waals surface area contributed by atoms with Gasteiger partial charge < -0.3 is 3.87 Å². The highest BCUT2D eigenvalue weighted by Crippen LogP contribution is 2.29. The molecule has 0 heterocycles. The van der Waals surface area contributed by atoms with E-state index in [1.54, 1.807) is 0 Å². The molecule has 0 saturated carbocycles. The van der Waals surface area contributed by atoms with E-state index >= 15 is 0 Å². The molecule has 0 amide bonds. The van der Waals surface area contributed by atoms with Gasteiger partial charge in [0.25, 0.3) is 0 Å². The van der Waals surface area contributed by atoms with E-state index in [-0.39, 0.29) is 6.04 Å². The molecule has 0 saturated heterocycles. The largest absolute Gasteiger partial charge is 0.522 e. The zero-order valence-corrected chi connectivity index (χ0v) is 9.86. The first-order valence-electron chi connectivity index (χ1n) is 3.84. The molecule has 0 aliphatic heterocycles. The Balaban J connectivity index is 5.01. The van der Waals surface area contributed by atoms with Crippen LogP contribution >= 0.6 is 0 Å². The Morgan fingerprint density at radius 2 is 1.87 bits per heavy atom. The SMILES string of the molecule is C=CC[Si](C)(C=C)OS(=O)(=O)C(F)(F)F. The van der Waals surface area contributed by atoms with Gasteiger partial charge in [-0.25, -0.2) is 0 Å². The predicted molar refractivity (Wildman–Crippen MR) is 52.9 cm³/mol. The molecule has 0 rings (SSSR count). The molecular formula is C7H11F3O3SSi. The van der Waals surface area contributed by atoms with Crippen LogP contribution in [0.5, 0.6) is 0 Å². The molecular weight excluding hydrogens is 249 g/mol. The van der Waals surface area contributed by atoms with Crippen molar-refractivity contribution in [3.05, 3.63) is 24.9 Å². The molecule has 0 bridgehead atoms. The van der Waals surface area contributed by atoms with Crippen molar-refractivity contribution in [1.29, 1.82) is 0 Å². The fourth-order valence-corrected chi connectivity index (χ4v) is 4.40. The van der Waals surface area contributed by atoms with Crippen molar-refractivity contribution < 1.29 is 25.5 Å². The summed E-state index contributed by atoms with van der Waals surface area (Å²) in [5, 5.41) is 0. The van der Waals surface area contributed by atoms with Crippen LogP contribution in [0.2, 0.25) is 12.6 Å². The summed E-state index contributed by atoms with van der Waals surface area (Å²) in [5.74, 6) is 0. The average molecular weight is 260 g/mol. The lowest BCUT2D eigenvalue weighted by molar-refractivity contribution is -0.0503. The Hall–Kier alpha value is -0.603. The normalized spacial score (nSPS) is 16.8. The third kappa shape index (κ3) is 3.80. The van der Waals surface area contributed by atoms with Gasteiger partial charge in [-0.1, -0.05) is 11.8 Å². The first kappa shape index (κ1) is 14.4. The van der Waals surface area contributed by atoms with Crippen molar-refractivity contribution in [2.24, 2.45) is 0 Å². The van der Waals surface area contributed by atoms with Crippen LogP contribution in [0.25, 0.3) is 0 Å². The molecule has 0 aliphatic rings. The molecule has 0 spiro atoms. The van der Waals surface area contributed by atoms with Crippen LogP contribution < -0.4 is 0 Å². The fourth-order valence-electron chi connectivity index (χ4n) is 0.736. The highest BCUT2D eigenvalue weighted by molar-refractivity contribution is 7.88. The van der Waals surface area contributed by atoms with E-state index in [1.165, 1.54) is 12.6 Å². The molecule has 0 aliphatic carbocycles. The minimum atomic E-state index is -5.55. The highest BCUT2D eigenvalue weighted by Gasteiger charge is 2.50. The van der Waals surface area contributed by atoms with Gasteiger partial charge in [-0.05, 0) is 12.6 Å². The zero-order valence-electron chi connectivity index (χ0n) is 8.04. The second-order valence-electron chi connectivity index (χ2n) is 2.99. The van der Waals surface area contributed by atoms with Crippen molar-refractivity contribution in [3.63, 3.8) is 0 Å². The van der Waals surface area contributed by atoms with E-state index in [4.69, 9.17) is 0 Å². The average Bonchev–Trinajstić information content (AvgIpc) is 2.01. The van der Waals surface area contributed by atoms with Crippen molar-refractivity contribution in [2.75, 3.05) is 0 Å². The minimum absolute atomic E-state index is 0.0474. The second kappa shape index (κ2) is 4.50. The molecule has 3 nitrogen and oxygen atoms in total. The number of halogens is 3. The van der Waals surface area contributed by atoms with Gasteiger partial charge >= 0.3 is 15.6 Å². The topological polar surface area (TPSA) is 43.4 Å².